The number of rotatable bonds is 5. The molecule has 2 unspecified atom stereocenters. The van der Waals surface area contributed by atoms with Crippen LogP contribution in [0.15, 0.2) is 11.0 Å². The van der Waals surface area contributed by atoms with E-state index >= 15 is 0 Å². The second-order valence-corrected chi connectivity index (χ2v) is 6.73. The van der Waals surface area contributed by atoms with E-state index in [9.17, 15) is 18.8 Å². The van der Waals surface area contributed by atoms with Crippen LogP contribution in [0.3, 0.4) is 0 Å². The molecule has 2 rings (SSSR count). The number of esters is 1. The van der Waals surface area contributed by atoms with E-state index in [1.165, 1.54) is 0 Å². The van der Waals surface area contributed by atoms with Crippen LogP contribution >= 0.6 is 0 Å². The van der Waals surface area contributed by atoms with Crippen LogP contribution in [0.25, 0.3) is 0 Å². The fourth-order valence-electron chi connectivity index (χ4n) is 2.02. The number of hydrogen-bond donors (Lipinski definition) is 2. The van der Waals surface area contributed by atoms with E-state index in [0.717, 1.165) is 10.8 Å². The van der Waals surface area contributed by atoms with Crippen molar-refractivity contribution < 1.29 is 28.6 Å². The minimum atomic E-state index is -0.770. The normalized spacial score (nSPS) is 17.8. The Hall–Kier alpha value is -2.49. The quantitative estimate of drug-likeness (QED) is 0.698. The first-order valence-electron chi connectivity index (χ1n) is 9.62. The van der Waals surface area contributed by atoms with Gasteiger partial charge in [-0.15, -0.1) is 0 Å². The Morgan fingerprint density at radius 3 is 2.34 bits per heavy atom. The van der Waals surface area contributed by atoms with Gasteiger partial charge in [0.2, 0.25) is 0 Å². The van der Waals surface area contributed by atoms with Gasteiger partial charge in [-0.3, -0.25) is 14.2 Å². The number of carbonyl (C=O) groups excluding carboxylic acids is 1. The molecule has 3 N–H and O–H groups in total. The summed E-state index contributed by atoms with van der Waals surface area (Å²) in [7, 11) is 0. The molecule has 0 amide bonds. The van der Waals surface area contributed by atoms with Crippen LogP contribution in [0.5, 0.6) is 0 Å². The molecule has 0 saturated carbocycles. The number of hydrogen-bond acceptors (Lipinski definition) is 7. The molecule has 0 aliphatic carbocycles. The lowest BCUT2D eigenvalue weighted by molar-refractivity contribution is -0.152. The Kier molecular flexibility index (Phi) is 11.8. The summed E-state index contributed by atoms with van der Waals surface area (Å²) in [5, 5.41) is 7.99. The first-order valence-corrected chi connectivity index (χ1v) is 9.62. The van der Waals surface area contributed by atoms with Gasteiger partial charge in [-0.2, -0.15) is 4.98 Å². The third-order valence-corrected chi connectivity index (χ3v) is 3.71. The maximum atomic E-state index is 13.4. The summed E-state index contributed by atoms with van der Waals surface area (Å²) in [6, 6.07) is 0. The van der Waals surface area contributed by atoms with Crippen molar-refractivity contribution in [1.29, 1.82) is 0 Å². The van der Waals surface area contributed by atoms with Crippen LogP contribution in [-0.2, 0) is 19.1 Å². The summed E-state index contributed by atoms with van der Waals surface area (Å²) in [4.78, 5) is 36.1. The average Bonchev–Trinajstić information content (AvgIpc) is 3.13. The lowest BCUT2D eigenvalue weighted by atomic mass is 10.2. The molecule has 0 spiro atoms. The van der Waals surface area contributed by atoms with Crippen LogP contribution < -0.4 is 11.4 Å². The maximum absolute atomic E-state index is 13.4. The largest absolute Gasteiger partial charge is 0.481 e. The minimum Gasteiger partial charge on any atom is -0.481 e. The molecule has 1 aromatic heterocycles. The molecule has 0 aromatic carbocycles. The highest BCUT2D eigenvalue weighted by molar-refractivity contribution is 5.71. The number of nitrogens with two attached hydrogens (primary N) is 1. The second-order valence-electron chi connectivity index (χ2n) is 6.73. The molecule has 166 valence electrons. The number of anilines is 1. The molecule has 1 aliphatic rings. The van der Waals surface area contributed by atoms with E-state index < -0.39 is 29.5 Å². The molecule has 9 nitrogen and oxygen atoms in total. The maximum Gasteiger partial charge on any atom is 0.351 e. The molecule has 2 heterocycles. The third-order valence-electron chi connectivity index (χ3n) is 3.71. The summed E-state index contributed by atoms with van der Waals surface area (Å²) in [5.41, 5.74) is 4.56. The van der Waals surface area contributed by atoms with Gasteiger partial charge in [-0.05, 0) is 12.8 Å². The lowest BCUT2D eigenvalue weighted by Gasteiger charge is -2.16. The molecule has 2 atom stereocenters. The van der Waals surface area contributed by atoms with E-state index in [4.69, 9.17) is 20.3 Å². The molecular weight excluding hydrogens is 385 g/mol. The number of aliphatic carboxylic acids is 1. The monoisotopic (exact) mass is 417 g/mol. The van der Waals surface area contributed by atoms with E-state index in [0.29, 0.717) is 12.8 Å². The van der Waals surface area contributed by atoms with Gasteiger partial charge in [0, 0.05) is 0 Å². The third kappa shape index (κ3) is 9.03. The number of nitrogens with zero attached hydrogens (tertiary/aromatic N) is 2. The van der Waals surface area contributed by atoms with Gasteiger partial charge >= 0.3 is 17.6 Å². The summed E-state index contributed by atoms with van der Waals surface area (Å²) in [5.74, 6) is -2.69. The van der Waals surface area contributed by atoms with Crippen LogP contribution in [0.1, 0.15) is 60.6 Å². The van der Waals surface area contributed by atoms with Gasteiger partial charge in [0.05, 0.1) is 24.1 Å². The van der Waals surface area contributed by atoms with Crippen molar-refractivity contribution in [3.8, 4) is 0 Å². The smallest absolute Gasteiger partial charge is 0.351 e. The van der Waals surface area contributed by atoms with E-state index in [1.54, 1.807) is 27.7 Å². The van der Waals surface area contributed by atoms with Crippen molar-refractivity contribution in [3.05, 3.63) is 22.5 Å². The molecule has 0 radical (unpaired) electrons. The Morgan fingerprint density at radius 1 is 1.31 bits per heavy atom. The van der Waals surface area contributed by atoms with Crippen LogP contribution in [-0.4, -0.2) is 39.3 Å². The second kappa shape index (κ2) is 12.9. The van der Waals surface area contributed by atoms with Crippen molar-refractivity contribution >= 4 is 17.8 Å². The number of halogens is 1. The number of carbonyl (C=O) groups is 2. The van der Waals surface area contributed by atoms with Gasteiger partial charge in [-0.25, -0.2) is 9.18 Å². The van der Waals surface area contributed by atoms with Gasteiger partial charge in [0.25, 0.3) is 0 Å². The highest BCUT2D eigenvalue weighted by Gasteiger charge is 2.29. The topological polar surface area (TPSA) is 134 Å². The number of ether oxygens (including phenoxy) is 2. The molecule has 0 bridgehead atoms. The van der Waals surface area contributed by atoms with E-state index in [2.05, 4.69) is 4.98 Å². The Labute approximate surface area is 170 Å². The van der Waals surface area contributed by atoms with Gasteiger partial charge in [-0.1, -0.05) is 41.5 Å². The van der Waals surface area contributed by atoms with Crippen molar-refractivity contribution in [2.75, 3.05) is 12.3 Å². The molecule has 1 aromatic rings. The highest BCUT2D eigenvalue weighted by atomic mass is 19.1. The van der Waals surface area contributed by atoms with Crippen LogP contribution in [0, 0.1) is 17.7 Å². The number of aromatic nitrogens is 2. The Balaban J connectivity index is 0.000000841. The highest BCUT2D eigenvalue weighted by Crippen LogP contribution is 2.27. The summed E-state index contributed by atoms with van der Waals surface area (Å²) in [6.45, 7) is 10.9. The van der Waals surface area contributed by atoms with Crippen LogP contribution in [0.4, 0.5) is 10.2 Å². The van der Waals surface area contributed by atoms with E-state index in [1.807, 2.05) is 13.8 Å². The number of nitrogen functional groups attached to an aromatic ring is 1. The first-order chi connectivity index (χ1) is 13.5. The van der Waals surface area contributed by atoms with Gasteiger partial charge in [0.15, 0.2) is 11.6 Å². The van der Waals surface area contributed by atoms with Crippen molar-refractivity contribution in [2.45, 2.75) is 66.7 Å². The summed E-state index contributed by atoms with van der Waals surface area (Å²) in [6.07, 6.45) is 1.16. The molecule has 10 heteroatoms. The SMILES string of the molecule is CC.CC(C)C(=O)O.CC(C)C(=O)OCC1CCC(n2cc(F)c(N)nc2=O)O1. The van der Waals surface area contributed by atoms with Gasteiger partial charge < -0.3 is 20.3 Å². The molecule has 1 fully saturated rings. The first kappa shape index (κ1) is 26.5. The summed E-state index contributed by atoms with van der Waals surface area (Å²) < 4.78 is 25.1. The van der Waals surface area contributed by atoms with Gasteiger partial charge in [0.1, 0.15) is 12.8 Å². The van der Waals surface area contributed by atoms with Crippen LogP contribution in [0.2, 0.25) is 0 Å². The Bertz CT molecular complexity index is 720. The van der Waals surface area contributed by atoms with Crippen molar-refractivity contribution in [2.24, 2.45) is 11.8 Å². The predicted molar refractivity (Wildman–Crippen MR) is 106 cm³/mol. The zero-order chi connectivity index (χ0) is 22.7. The lowest BCUT2D eigenvalue weighted by Crippen LogP contribution is -2.29. The Morgan fingerprint density at radius 2 is 1.86 bits per heavy atom. The standard InChI is InChI=1S/C13H18FN3O4.C4H8O2.C2H6/c1-7(2)12(18)20-6-8-3-4-10(21-8)17-5-9(14)11(15)16-13(17)19;1-3(2)4(5)6;1-2/h5,7-8,10H,3-4,6H2,1-2H3,(H2,15,16,19);3H,1-2H3,(H,5,6);1-2H3. The van der Waals surface area contributed by atoms with Crippen molar-refractivity contribution in [1.82, 2.24) is 9.55 Å². The minimum absolute atomic E-state index is 0.118. The average molecular weight is 417 g/mol. The predicted octanol–water partition coefficient (Wildman–Crippen LogP) is 2.59. The fraction of sp³-hybridized carbons (Fsp3) is 0.684. The molecule has 1 saturated heterocycles. The fourth-order valence-corrected chi connectivity index (χ4v) is 2.02. The van der Waals surface area contributed by atoms with E-state index in [-0.39, 0.29) is 30.5 Å². The summed E-state index contributed by atoms with van der Waals surface area (Å²) >= 11 is 0. The zero-order valence-electron chi connectivity index (χ0n) is 17.8. The number of carboxylic acids is 1. The molecule has 1 aliphatic heterocycles. The van der Waals surface area contributed by atoms with Crippen molar-refractivity contribution in [3.63, 3.8) is 0 Å². The zero-order valence-corrected chi connectivity index (χ0v) is 17.8. The molecule has 29 heavy (non-hydrogen) atoms. The molecular formula is C19H32FN3O6. The number of carboxylic acid groups (broad SMARTS) is 1.